The second-order valence-corrected chi connectivity index (χ2v) is 4.91. The van der Waals surface area contributed by atoms with Gasteiger partial charge in [0.2, 0.25) is 5.91 Å². The lowest BCUT2D eigenvalue weighted by Gasteiger charge is -2.21. The van der Waals surface area contributed by atoms with Gasteiger partial charge in [0.1, 0.15) is 0 Å². The lowest BCUT2D eigenvalue weighted by atomic mass is 10.1. The standard InChI is InChI=1S/C13H17ClN2O.ClH/c1-16(13(17)12-3-2-8-15-12)9-10-4-6-11(14)7-5-10;/h4-7,12,15H,2-3,8-9H2,1H3;1H/t12-;/m1./s1. The SMILES string of the molecule is CN(Cc1ccc(Cl)cc1)C(=O)[C@H]1CCCN1.Cl. The Labute approximate surface area is 119 Å². The van der Waals surface area contributed by atoms with Crippen LogP contribution < -0.4 is 5.32 Å². The second-order valence-electron chi connectivity index (χ2n) is 4.47. The lowest BCUT2D eigenvalue weighted by Crippen LogP contribution is -2.41. The topological polar surface area (TPSA) is 32.3 Å². The van der Waals surface area contributed by atoms with Gasteiger partial charge in [-0.15, -0.1) is 12.4 Å². The van der Waals surface area contributed by atoms with Crippen LogP contribution in [0.25, 0.3) is 0 Å². The van der Waals surface area contributed by atoms with Gasteiger partial charge in [-0.25, -0.2) is 0 Å². The zero-order valence-corrected chi connectivity index (χ0v) is 11.9. The molecule has 1 N–H and O–H groups in total. The fourth-order valence-electron chi connectivity index (χ4n) is 2.10. The fraction of sp³-hybridized carbons (Fsp3) is 0.462. The molecular formula is C13H18Cl2N2O. The average Bonchev–Trinajstić information content (AvgIpc) is 2.84. The minimum Gasteiger partial charge on any atom is -0.340 e. The smallest absolute Gasteiger partial charge is 0.239 e. The molecule has 1 aromatic rings. The summed E-state index contributed by atoms with van der Waals surface area (Å²) in [4.78, 5) is 13.8. The predicted molar refractivity (Wildman–Crippen MR) is 76.2 cm³/mol. The first-order valence-electron chi connectivity index (χ1n) is 5.89. The molecule has 5 heteroatoms. The Morgan fingerprint density at radius 1 is 1.44 bits per heavy atom. The average molecular weight is 289 g/mol. The van der Waals surface area contributed by atoms with Crippen LogP contribution in [-0.4, -0.2) is 30.4 Å². The van der Waals surface area contributed by atoms with Crippen molar-refractivity contribution in [3.63, 3.8) is 0 Å². The summed E-state index contributed by atoms with van der Waals surface area (Å²) >= 11 is 5.82. The molecule has 1 aliphatic rings. The number of nitrogens with zero attached hydrogens (tertiary/aromatic N) is 1. The maximum Gasteiger partial charge on any atom is 0.239 e. The quantitative estimate of drug-likeness (QED) is 0.927. The third-order valence-corrected chi connectivity index (χ3v) is 3.32. The summed E-state index contributed by atoms with van der Waals surface area (Å²) in [6.45, 7) is 1.58. The largest absolute Gasteiger partial charge is 0.340 e. The number of carbonyl (C=O) groups excluding carboxylic acids is 1. The summed E-state index contributed by atoms with van der Waals surface area (Å²) in [5.41, 5.74) is 1.10. The summed E-state index contributed by atoms with van der Waals surface area (Å²) in [6, 6.07) is 7.61. The number of benzene rings is 1. The van der Waals surface area contributed by atoms with Crippen molar-refractivity contribution in [3.05, 3.63) is 34.9 Å². The number of likely N-dealkylation sites (N-methyl/N-ethyl adjacent to an activating group) is 1. The van der Waals surface area contributed by atoms with Crippen LogP contribution in [-0.2, 0) is 11.3 Å². The number of amides is 1. The van der Waals surface area contributed by atoms with Crippen molar-refractivity contribution < 1.29 is 4.79 Å². The molecule has 100 valence electrons. The zero-order chi connectivity index (χ0) is 12.3. The van der Waals surface area contributed by atoms with Crippen LogP contribution >= 0.6 is 24.0 Å². The van der Waals surface area contributed by atoms with Gasteiger partial charge in [-0.2, -0.15) is 0 Å². The lowest BCUT2D eigenvalue weighted by molar-refractivity contribution is -0.132. The highest BCUT2D eigenvalue weighted by atomic mass is 35.5. The van der Waals surface area contributed by atoms with E-state index in [1.807, 2.05) is 31.3 Å². The van der Waals surface area contributed by atoms with E-state index in [2.05, 4.69) is 5.32 Å². The highest BCUT2D eigenvalue weighted by molar-refractivity contribution is 6.30. The molecular weight excluding hydrogens is 271 g/mol. The molecule has 0 aromatic heterocycles. The van der Waals surface area contributed by atoms with Crippen molar-refractivity contribution in [2.75, 3.05) is 13.6 Å². The van der Waals surface area contributed by atoms with E-state index in [9.17, 15) is 4.79 Å². The minimum absolute atomic E-state index is 0. The molecule has 0 spiro atoms. The van der Waals surface area contributed by atoms with Crippen LogP contribution in [0.5, 0.6) is 0 Å². The molecule has 0 radical (unpaired) electrons. The van der Waals surface area contributed by atoms with Crippen molar-refractivity contribution in [2.45, 2.75) is 25.4 Å². The molecule has 1 heterocycles. The molecule has 0 aliphatic carbocycles. The summed E-state index contributed by atoms with van der Waals surface area (Å²) in [7, 11) is 1.84. The van der Waals surface area contributed by atoms with Gasteiger partial charge in [-0.3, -0.25) is 4.79 Å². The molecule has 0 saturated carbocycles. The molecule has 1 amide bonds. The molecule has 0 unspecified atom stereocenters. The van der Waals surface area contributed by atoms with Crippen LogP contribution in [0.4, 0.5) is 0 Å². The molecule has 3 nitrogen and oxygen atoms in total. The monoisotopic (exact) mass is 288 g/mol. The molecule has 1 atom stereocenters. The normalized spacial score (nSPS) is 18.2. The highest BCUT2D eigenvalue weighted by Crippen LogP contribution is 2.13. The van der Waals surface area contributed by atoms with Crippen LogP contribution in [0, 0.1) is 0 Å². The first-order valence-corrected chi connectivity index (χ1v) is 6.27. The molecule has 1 fully saturated rings. The number of hydrogen-bond acceptors (Lipinski definition) is 2. The van der Waals surface area contributed by atoms with Gasteiger partial charge in [0.25, 0.3) is 0 Å². The van der Waals surface area contributed by atoms with Crippen LogP contribution in [0.3, 0.4) is 0 Å². The van der Waals surface area contributed by atoms with E-state index < -0.39 is 0 Å². The molecule has 1 saturated heterocycles. The van der Waals surface area contributed by atoms with E-state index in [0.29, 0.717) is 6.54 Å². The zero-order valence-electron chi connectivity index (χ0n) is 10.4. The van der Waals surface area contributed by atoms with E-state index in [4.69, 9.17) is 11.6 Å². The molecule has 18 heavy (non-hydrogen) atoms. The van der Waals surface area contributed by atoms with Crippen molar-refractivity contribution in [3.8, 4) is 0 Å². The first-order chi connectivity index (χ1) is 8.16. The number of rotatable bonds is 3. The second kappa shape index (κ2) is 6.98. The maximum absolute atomic E-state index is 12.1. The highest BCUT2D eigenvalue weighted by Gasteiger charge is 2.24. The van der Waals surface area contributed by atoms with E-state index >= 15 is 0 Å². The first kappa shape index (κ1) is 15.3. The Kier molecular flexibility index (Phi) is 5.93. The number of halogens is 2. The van der Waals surface area contributed by atoms with Crippen molar-refractivity contribution in [1.29, 1.82) is 0 Å². The molecule has 0 bridgehead atoms. The molecule has 2 rings (SSSR count). The summed E-state index contributed by atoms with van der Waals surface area (Å²) in [5, 5.41) is 3.94. The van der Waals surface area contributed by atoms with Gasteiger partial charge in [-0.05, 0) is 37.1 Å². The predicted octanol–water partition coefficient (Wildman–Crippen LogP) is 2.47. The Morgan fingerprint density at radius 3 is 2.67 bits per heavy atom. The summed E-state index contributed by atoms with van der Waals surface area (Å²) in [5.74, 6) is 0.178. The number of carbonyl (C=O) groups is 1. The van der Waals surface area contributed by atoms with E-state index in [0.717, 1.165) is 30.0 Å². The van der Waals surface area contributed by atoms with Gasteiger partial charge in [0.05, 0.1) is 6.04 Å². The van der Waals surface area contributed by atoms with Gasteiger partial charge in [-0.1, -0.05) is 23.7 Å². The Morgan fingerprint density at radius 2 is 2.11 bits per heavy atom. The van der Waals surface area contributed by atoms with E-state index in [1.165, 1.54) is 0 Å². The Balaban J connectivity index is 0.00000162. The van der Waals surface area contributed by atoms with Crippen LogP contribution in [0.1, 0.15) is 18.4 Å². The van der Waals surface area contributed by atoms with E-state index in [1.54, 1.807) is 4.90 Å². The van der Waals surface area contributed by atoms with Gasteiger partial charge in [0.15, 0.2) is 0 Å². The van der Waals surface area contributed by atoms with Crippen LogP contribution in [0.15, 0.2) is 24.3 Å². The third-order valence-electron chi connectivity index (χ3n) is 3.07. The minimum atomic E-state index is 0. The summed E-state index contributed by atoms with van der Waals surface area (Å²) < 4.78 is 0. The maximum atomic E-state index is 12.1. The summed E-state index contributed by atoms with van der Waals surface area (Å²) in [6.07, 6.45) is 2.04. The number of nitrogens with one attached hydrogen (secondary N) is 1. The third kappa shape index (κ3) is 3.87. The fourth-order valence-corrected chi connectivity index (χ4v) is 2.23. The van der Waals surface area contributed by atoms with Crippen molar-refractivity contribution in [1.82, 2.24) is 10.2 Å². The van der Waals surface area contributed by atoms with Crippen LogP contribution in [0.2, 0.25) is 5.02 Å². The van der Waals surface area contributed by atoms with Crippen molar-refractivity contribution >= 4 is 29.9 Å². The van der Waals surface area contributed by atoms with E-state index in [-0.39, 0.29) is 24.4 Å². The van der Waals surface area contributed by atoms with Gasteiger partial charge >= 0.3 is 0 Å². The van der Waals surface area contributed by atoms with Gasteiger partial charge in [0, 0.05) is 18.6 Å². The number of hydrogen-bond donors (Lipinski definition) is 1. The van der Waals surface area contributed by atoms with Gasteiger partial charge < -0.3 is 10.2 Å². The molecule has 1 aliphatic heterocycles. The Hall–Kier alpha value is -0.770. The molecule has 1 aromatic carbocycles. The van der Waals surface area contributed by atoms with Crippen molar-refractivity contribution in [2.24, 2.45) is 0 Å². The Bertz CT molecular complexity index is 388.